The number of rotatable bonds is 3. The molecule has 21 heavy (non-hydrogen) atoms. The second-order valence-corrected chi connectivity index (χ2v) is 6.10. The molecular formula is C17H23NO3. The number of carboxylic acids is 1. The molecule has 0 radical (unpaired) electrons. The minimum atomic E-state index is -0.892. The summed E-state index contributed by atoms with van der Waals surface area (Å²) < 4.78 is 0. The second kappa shape index (κ2) is 6.29. The molecule has 4 nitrogen and oxygen atoms in total. The predicted octanol–water partition coefficient (Wildman–Crippen LogP) is 2.56. The first-order chi connectivity index (χ1) is 9.90. The summed E-state index contributed by atoms with van der Waals surface area (Å²) in [7, 11) is 0. The molecule has 1 aliphatic heterocycles. The maximum Gasteiger partial charge on any atom is 0.326 e. The van der Waals surface area contributed by atoms with Crippen LogP contribution in [-0.4, -0.2) is 34.5 Å². The van der Waals surface area contributed by atoms with Gasteiger partial charge in [-0.3, -0.25) is 4.79 Å². The smallest absolute Gasteiger partial charge is 0.326 e. The summed E-state index contributed by atoms with van der Waals surface area (Å²) in [6.07, 6.45) is 2.03. The largest absolute Gasteiger partial charge is 0.480 e. The average molecular weight is 289 g/mol. The predicted molar refractivity (Wildman–Crippen MR) is 81.2 cm³/mol. The molecule has 1 aromatic carbocycles. The van der Waals surface area contributed by atoms with Gasteiger partial charge in [0, 0.05) is 6.54 Å². The first kappa shape index (κ1) is 15.5. The summed E-state index contributed by atoms with van der Waals surface area (Å²) in [5.41, 5.74) is 3.18. The minimum absolute atomic E-state index is 0.0128. The van der Waals surface area contributed by atoms with Crippen molar-refractivity contribution < 1.29 is 14.7 Å². The normalized spacial score (nSPS) is 22.1. The molecule has 0 aliphatic carbocycles. The molecule has 1 aromatic rings. The van der Waals surface area contributed by atoms with Crippen molar-refractivity contribution in [3.63, 3.8) is 0 Å². The van der Waals surface area contributed by atoms with Crippen molar-refractivity contribution in [1.29, 1.82) is 0 Å². The molecule has 0 saturated carbocycles. The van der Waals surface area contributed by atoms with Crippen molar-refractivity contribution in [3.8, 4) is 0 Å². The maximum atomic E-state index is 12.6. The Morgan fingerprint density at radius 1 is 1.33 bits per heavy atom. The van der Waals surface area contributed by atoms with Crippen LogP contribution in [0, 0.1) is 19.8 Å². The highest BCUT2D eigenvalue weighted by Crippen LogP contribution is 2.24. The van der Waals surface area contributed by atoms with Crippen molar-refractivity contribution in [1.82, 2.24) is 4.90 Å². The van der Waals surface area contributed by atoms with Gasteiger partial charge in [-0.25, -0.2) is 4.79 Å². The lowest BCUT2D eigenvalue weighted by molar-refractivity contribution is -0.154. The number of amides is 1. The third-order valence-electron chi connectivity index (χ3n) is 4.35. The fourth-order valence-electron chi connectivity index (χ4n) is 3.10. The van der Waals surface area contributed by atoms with Crippen molar-refractivity contribution >= 4 is 11.9 Å². The van der Waals surface area contributed by atoms with Gasteiger partial charge in [-0.05, 0) is 43.7 Å². The first-order valence-electron chi connectivity index (χ1n) is 7.48. The van der Waals surface area contributed by atoms with Gasteiger partial charge in [0.25, 0.3) is 0 Å². The second-order valence-electron chi connectivity index (χ2n) is 6.10. The van der Waals surface area contributed by atoms with Crippen LogP contribution in [0.1, 0.15) is 36.5 Å². The van der Waals surface area contributed by atoms with Gasteiger partial charge in [-0.15, -0.1) is 0 Å². The van der Waals surface area contributed by atoms with Crippen LogP contribution in [0.3, 0.4) is 0 Å². The number of nitrogens with zero attached hydrogens (tertiary/aromatic N) is 1. The monoisotopic (exact) mass is 289 g/mol. The van der Waals surface area contributed by atoms with E-state index in [0.717, 1.165) is 29.5 Å². The Morgan fingerprint density at radius 3 is 2.71 bits per heavy atom. The van der Waals surface area contributed by atoms with E-state index in [9.17, 15) is 14.7 Å². The zero-order chi connectivity index (χ0) is 15.6. The molecule has 1 saturated heterocycles. The highest BCUT2D eigenvalue weighted by molar-refractivity contribution is 5.85. The highest BCUT2D eigenvalue weighted by atomic mass is 16.4. The zero-order valence-electron chi connectivity index (χ0n) is 12.9. The Labute approximate surface area is 125 Å². The number of piperidine rings is 1. The lowest BCUT2D eigenvalue weighted by Gasteiger charge is -2.37. The van der Waals surface area contributed by atoms with Crippen LogP contribution in [0.4, 0.5) is 0 Å². The van der Waals surface area contributed by atoms with Crippen LogP contribution in [0.5, 0.6) is 0 Å². The van der Waals surface area contributed by atoms with Crippen LogP contribution in [0.2, 0.25) is 0 Å². The average Bonchev–Trinajstić information content (AvgIpc) is 2.42. The molecule has 0 aromatic heterocycles. The van der Waals surface area contributed by atoms with E-state index in [1.54, 1.807) is 4.90 Å². The van der Waals surface area contributed by atoms with Gasteiger partial charge in [-0.2, -0.15) is 0 Å². The number of hydrogen-bond acceptors (Lipinski definition) is 2. The van der Waals surface area contributed by atoms with E-state index >= 15 is 0 Å². The maximum absolute atomic E-state index is 12.6. The van der Waals surface area contributed by atoms with Crippen LogP contribution in [-0.2, 0) is 16.0 Å². The summed E-state index contributed by atoms with van der Waals surface area (Å²) in [5.74, 6) is -0.960. The molecule has 2 atom stereocenters. The number of carbonyl (C=O) groups excluding carboxylic acids is 1. The quantitative estimate of drug-likeness (QED) is 0.930. The summed E-state index contributed by atoms with van der Waals surface area (Å²) in [6.45, 7) is 6.44. The van der Waals surface area contributed by atoms with E-state index < -0.39 is 12.0 Å². The topological polar surface area (TPSA) is 57.6 Å². The summed E-state index contributed by atoms with van der Waals surface area (Å²) in [5, 5.41) is 9.40. The summed E-state index contributed by atoms with van der Waals surface area (Å²) in [6, 6.07) is 5.35. The molecule has 1 aliphatic rings. The number of aryl methyl sites for hydroxylation is 2. The fraction of sp³-hybridized carbons (Fsp3) is 0.529. The Morgan fingerprint density at radius 2 is 2.05 bits per heavy atom. The lowest BCUT2D eigenvalue weighted by Crippen LogP contribution is -2.52. The molecule has 1 fully saturated rings. The van der Waals surface area contributed by atoms with E-state index in [1.807, 2.05) is 39.0 Å². The molecule has 1 N–H and O–H groups in total. The van der Waals surface area contributed by atoms with Gasteiger partial charge in [0.05, 0.1) is 6.42 Å². The summed E-state index contributed by atoms with van der Waals surface area (Å²) >= 11 is 0. The Balaban J connectivity index is 2.18. The molecule has 2 unspecified atom stereocenters. The van der Waals surface area contributed by atoms with Crippen molar-refractivity contribution in [2.75, 3.05) is 6.54 Å². The SMILES string of the molecule is Cc1ccc(C)c(CC(=O)N2CCCC(C)C2C(=O)O)c1. The third-order valence-corrected chi connectivity index (χ3v) is 4.35. The third kappa shape index (κ3) is 3.43. The van der Waals surface area contributed by atoms with Gasteiger partial charge in [0.2, 0.25) is 5.91 Å². The molecule has 1 heterocycles. The number of benzene rings is 1. The molecular weight excluding hydrogens is 266 g/mol. The van der Waals surface area contributed by atoms with Crippen molar-refractivity contribution in [3.05, 3.63) is 34.9 Å². The summed E-state index contributed by atoms with van der Waals surface area (Å²) in [4.78, 5) is 25.6. The molecule has 1 amide bonds. The Bertz CT molecular complexity index is 553. The van der Waals surface area contributed by atoms with E-state index in [0.29, 0.717) is 6.54 Å². The van der Waals surface area contributed by atoms with Gasteiger partial charge >= 0.3 is 5.97 Å². The van der Waals surface area contributed by atoms with E-state index in [4.69, 9.17) is 0 Å². The Kier molecular flexibility index (Phi) is 4.66. The first-order valence-corrected chi connectivity index (χ1v) is 7.48. The number of carbonyl (C=O) groups is 2. The van der Waals surface area contributed by atoms with Gasteiger partial charge in [0.15, 0.2) is 0 Å². The van der Waals surface area contributed by atoms with Gasteiger partial charge in [-0.1, -0.05) is 30.7 Å². The fourth-order valence-corrected chi connectivity index (χ4v) is 3.10. The molecule has 0 bridgehead atoms. The number of carboxylic acid groups (broad SMARTS) is 1. The number of hydrogen-bond donors (Lipinski definition) is 1. The van der Waals surface area contributed by atoms with Crippen LogP contribution in [0.15, 0.2) is 18.2 Å². The van der Waals surface area contributed by atoms with Gasteiger partial charge < -0.3 is 10.0 Å². The van der Waals surface area contributed by atoms with E-state index in [1.165, 1.54) is 0 Å². The van der Waals surface area contributed by atoms with Gasteiger partial charge in [0.1, 0.15) is 6.04 Å². The van der Waals surface area contributed by atoms with Crippen molar-refractivity contribution in [2.45, 2.75) is 46.1 Å². The van der Waals surface area contributed by atoms with Crippen LogP contribution < -0.4 is 0 Å². The van der Waals surface area contributed by atoms with E-state index in [-0.39, 0.29) is 18.2 Å². The van der Waals surface area contributed by atoms with E-state index in [2.05, 4.69) is 0 Å². The highest BCUT2D eigenvalue weighted by Gasteiger charge is 2.36. The molecule has 4 heteroatoms. The zero-order valence-corrected chi connectivity index (χ0v) is 12.9. The van der Waals surface area contributed by atoms with Crippen LogP contribution >= 0.6 is 0 Å². The Hall–Kier alpha value is -1.84. The van der Waals surface area contributed by atoms with Crippen molar-refractivity contribution in [2.24, 2.45) is 5.92 Å². The standard InChI is InChI=1S/C17H23NO3/c1-11-6-7-12(2)14(9-11)10-15(19)18-8-4-5-13(3)16(18)17(20)21/h6-7,9,13,16H,4-5,8,10H2,1-3H3,(H,20,21). The minimum Gasteiger partial charge on any atom is -0.480 e. The van der Waals surface area contributed by atoms with Crippen LogP contribution in [0.25, 0.3) is 0 Å². The number of likely N-dealkylation sites (tertiary alicyclic amines) is 1. The molecule has 0 spiro atoms. The number of aliphatic carboxylic acids is 1. The molecule has 2 rings (SSSR count). The lowest BCUT2D eigenvalue weighted by atomic mass is 9.90. The molecule has 114 valence electrons.